The predicted octanol–water partition coefficient (Wildman–Crippen LogP) is 3.49. The van der Waals surface area contributed by atoms with Crippen molar-refractivity contribution in [3.8, 4) is 0 Å². The third-order valence-electron chi connectivity index (χ3n) is 2.90. The highest BCUT2D eigenvalue weighted by atomic mass is 16.5. The van der Waals surface area contributed by atoms with Gasteiger partial charge in [-0.2, -0.15) is 0 Å². The molecule has 0 saturated heterocycles. The van der Waals surface area contributed by atoms with Crippen LogP contribution in [0.1, 0.15) is 66.0 Å². The van der Waals surface area contributed by atoms with Gasteiger partial charge in [-0.25, -0.2) is 9.97 Å². The molecule has 0 saturated carbocycles. The van der Waals surface area contributed by atoms with Crippen molar-refractivity contribution >= 4 is 0 Å². The molecule has 4 heteroatoms. The minimum Gasteiger partial charge on any atom is -0.370 e. The number of aromatic nitrogens is 2. The van der Waals surface area contributed by atoms with Crippen molar-refractivity contribution in [2.45, 2.75) is 66.7 Å². The molecular formula is C16H29N3O. The van der Waals surface area contributed by atoms with Crippen LogP contribution >= 0.6 is 0 Å². The number of nitrogens with zero attached hydrogens (tertiary/aromatic N) is 2. The van der Waals surface area contributed by atoms with Crippen LogP contribution in [0.15, 0.2) is 12.4 Å². The fraction of sp³-hybridized carbons (Fsp3) is 0.750. The standard InChI is InChI=1S/C16H29N3O/c1-8-20-13(15(2,3)4)14-17-9-12(10-18-14)11-19-16(5,6)7/h9-10,13,19H,8,11H2,1-7H3. The second-order valence-electron chi connectivity index (χ2n) is 7.25. The summed E-state index contributed by atoms with van der Waals surface area (Å²) in [5.41, 5.74) is 1.17. The van der Waals surface area contributed by atoms with Gasteiger partial charge in [-0.3, -0.25) is 0 Å². The van der Waals surface area contributed by atoms with Crippen molar-refractivity contribution in [1.82, 2.24) is 15.3 Å². The van der Waals surface area contributed by atoms with E-state index in [0.717, 1.165) is 17.9 Å². The van der Waals surface area contributed by atoms with Crippen LogP contribution in [0.25, 0.3) is 0 Å². The van der Waals surface area contributed by atoms with Gasteiger partial charge in [0.2, 0.25) is 0 Å². The van der Waals surface area contributed by atoms with Gasteiger partial charge in [0.05, 0.1) is 0 Å². The molecule has 0 aliphatic rings. The highest BCUT2D eigenvalue weighted by molar-refractivity contribution is 5.08. The first-order valence-electron chi connectivity index (χ1n) is 7.31. The van der Waals surface area contributed by atoms with Gasteiger partial charge < -0.3 is 10.1 Å². The van der Waals surface area contributed by atoms with E-state index in [1.807, 2.05) is 19.3 Å². The van der Waals surface area contributed by atoms with Crippen LogP contribution < -0.4 is 5.32 Å². The fourth-order valence-corrected chi connectivity index (χ4v) is 1.84. The predicted molar refractivity (Wildman–Crippen MR) is 82.4 cm³/mol. The highest BCUT2D eigenvalue weighted by Crippen LogP contribution is 2.33. The van der Waals surface area contributed by atoms with Crippen molar-refractivity contribution in [3.05, 3.63) is 23.8 Å². The SMILES string of the molecule is CCOC(c1ncc(CNC(C)(C)C)cn1)C(C)(C)C. The van der Waals surface area contributed by atoms with Crippen molar-refractivity contribution in [2.24, 2.45) is 5.41 Å². The molecule has 0 amide bonds. The Labute approximate surface area is 123 Å². The molecule has 0 aliphatic carbocycles. The van der Waals surface area contributed by atoms with E-state index in [0.29, 0.717) is 6.61 Å². The van der Waals surface area contributed by atoms with Gasteiger partial charge in [-0.15, -0.1) is 0 Å². The lowest BCUT2D eigenvalue weighted by Gasteiger charge is -2.29. The Morgan fingerprint density at radius 3 is 2.05 bits per heavy atom. The van der Waals surface area contributed by atoms with Crippen LogP contribution in [0.2, 0.25) is 0 Å². The first-order chi connectivity index (χ1) is 9.13. The Balaban J connectivity index is 2.78. The van der Waals surface area contributed by atoms with Crippen LogP contribution in [-0.2, 0) is 11.3 Å². The van der Waals surface area contributed by atoms with E-state index in [-0.39, 0.29) is 17.1 Å². The highest BCUT2D eigenvalue weighted by Gasteiger charge is 2.29. The molecule has 0 spiro atoms. The number of nitrogens with one attached hydrogen (secondary N) is 1. The normalized spacial score (nSPS) is 14.3. The molecule has 114 valence electrons. The maximum Gasteiger partial charge on any atom is 0.157 e. The zero-order valence-corrected chi connectivity index (χ0v) is 13.9. The molecule has 1 N–H and O–H groups in total. The quantitative estimate of drug-likeness (QED) is 0.896. The molecule has 0 aromatic carbocycles. The first-order valence-corrected chi connectivity index (χ1v) is 7.31. The minimum atomic E-state index is -0.0721. The summed E-state index contributed by atoms with van der Waals surface area (Å²) in [6, 6.07) is 0. The van der Waals surface area contributed by atoms with Gasteiger partial charge in [-0.1, -0.05) is 20.8 Å². The van der Waals surface area contributed by atoms with Crippen LogP contribution in [0.3, 0.4) is 0 Å². The van der Waals surface area contributed by atoms with Gasteiger partial charge in [-0.05, 0) is 33.1 Å². The lowest BCUT2D eigenvalue weighted by atomic mass is 9.88. The Bertz CT molecular complexity index is 401. The van der Waals surface area contributed by atoms with Gasteiger partial charge in [0, 0.05) is 36.6 Å². The lowest BCUT2D eigenvalue weighted by Crippen LogP contribution is -2.35. The molecule has 0 aliphatic heterocycles. The average Bonchev–Trinajstić information content (AvgIpc) is 2.32. The molecule has 20 heavy (non-hydrogen) atoms. The summed E-state index contributed by atoms with van der Waals surface area (Å²) in [5, 5.41) is 3.43. The molecule has 1 heterocycles. The number of hydrogen-bond acceptors (Lipinski definition) is 4. The fourth-order valence-electron chi connectivity index (χ4n) is 1.84. The van der Waals surface area contributed by atoms with Crippen molar-refractivity contribution in [1.29, 1.82) is 0 Å². The lowest BCUT2D eigenvalue weighted by molar-refractivity contribution is -0.0191. The number of ether oxygens (including phenoxy) is 1. The Hall–Kier alpha value is -1.00. The van der Waals surface area contributed by atoms with Crippen molar-refractivity contribution in [2.75, 3.05) is 6.61 Å². The smallest absolute Gasteiger partial charge is 0.157 e. The summed E-state index contributed by atoms with van der Waals surface area (Å²) < 4.78 is 5.81. The Morgan fingerprint density at radius 2 is 1.65 bits per heavy atom. The van der Waals surface area contributed by atoms with Gasteiger partial charge in [0.15, 0.2) is 5.82 Å². The molecule has 0 radical (unpaired) electrons. The van der Waals surface area contributed by atoms with Crippen LogP contribution in [0.4, 0.5) is 0 Å². The maximum atomic E-state index is 5.81. The molecule has 1 aromatic rings. The largest absolute Gasteiger partial charge is 0.370 e. The van der Waals surface area contributed by atoms with E-state index in [4.69, 9.17) is 4.74 Å². The van der Waals surface area contributed by atoms with E-state index < -0.39 is 0 Å². The average molecular weight is 279 g/mol. The maximum absolute atomic E-state index is 5.81. The van der Waals surface area contributed by atoms with E-state index in [1.165, 1.54) is 0 Å². The molecule has 1 aromatic heterocycles. The van der Waals surface area contributed by atoms with E-state index in [1.54, 1.807) is 0 Å². The summed E-state index contributed by atoms with van der Waals surface area (Å²) >= 11 is 0. The third-order valence-corrected chi connectivity index (χ3v) is 2.90. The van der Waals surface area contributed by atoms with Gasteiger partial charge in [0.25, 0.3) is 0 Å². The van der Waals surface area contributed by atoms with Crippen LogP contribution in [-0.4, -0.2) is 22.1 Å². The summed E-state index contributed by atoms with van der Waals surface area (Å²) in [5.74, 6) is 0.763. The second-order valence-corrected chi connectivity index (χ2v) is 7.25. The monoisotopic (exact) mass is 279 g/mol. The van der Waals surface area contributed by atoms with Crippen molar-refractivity contribution in [3.63, 3.8) is 0 Å². The van der Waals surface area contributed by atoms with Crippen LogP contribution in [0, 0.1) is 5.41 Å². The zero-order valence-electron chi connectivity index (χ0n) is 13.9. The van der Waals surface area contributed by atoms with E-state index in [9.17, 15) is 0 Å². The molecule has 1 atom stereocenters. The molecule has 1 unspecified atom stereocenters. The molecular weight excluding hydrogens is 250 g/mol. The summed E-state index contributed by atoms with van der Waals surface area (Å²) in [4.78, 5) is 8.98. The first kappa shape index (κ1) is 17.1. The summed E-state index contributed by atoms with van der Waals surface area (Å²) in [6.07, 6.45) is 3.70. The zero-order chi connectivity index (χ0) is 15.4. The molecule has 0 bridgehead atoms. The van der Waals surface area contributed by atoms with Crippen molar-refractivity contribution < 1.29 is 4.74 Å². The number of hydrogen-bond donors (Lipinski definition) is 1. The summed E-state index contributed by atoms with van der Waals surface area (Å²) in [7, 11) is 0. The van der Waals surface area contributed by atoms with E-state index in [2.05, 4.69) is 56.8 Å². The Morgan fingerprint density at radius 1 is 1.10 bits per heavy atom. The molecule has 4 nitrogen and oxygen atoms in total. The Kier molecular flexibility index (Phi) is 5.66. The van der Waals surface area contributed by atoms with Crippen LogP contribution in [0.5, 0.6) is 0 Å². The molecule has 1 rings (SSSR count). The number of rotatable bonds is 5. The summed E-state index contributed by atoms with van der Waals surface area (Å²) in [6.45, 7) is 16.3. The third kappa shape index (κ3) is 5.55. The van der Waals surface area contributed by atoms with Gasteiger partial charge >= 0.3 is 0 Å². The van der Waals surface area contributed by atoms with Gasteiger partial charge in [0.1, 0.15) is 6.10 Å². The second kappa shape index (κ2) is 6.64. The minimum absolute atomic E-state index is 0.0127. The van der Waals surface area contributed by atoms with E-state index >= 15 is 0 Å². The molecule has 0 fully saturated rings. The topological polar surface area (TPSA) is 47.0 Å².